The number of amides is 3. The maximum Gasteiger partial charge on any atom is 0.317 e. The maximum atomic E-state index is 12.3. The number of urea groups is 1. The molecule has 0 unspecified atom stereocenters. The lowest BCUT2D eigenvalue weighted by molar-refractivity contribution is -0.121. The first-order chi connectivity index (χ1) is 13.7. The Morgan fingerprint density at radius 1 is 1.07 bits per heavy atom. The summed E-state index contributed by atoms with van der Waals surface area (Å²) in [5.41, 5.74) is 1.58. The van der Waals surface area contributed by atoms with Gasteiger partial charge in [0.1, 0.15) is 6.07 Å². The van der Waals surface area contributed by atoms with Gasteiger partial charge in [-0.25, -0.2) is 4.79 Å². The lowest BCUT2D eigenvalue weighted by Crippen LogP contribution is -2.52. The molecule has 1 heterocycles. The van der Waals surface area contributed by atoms with E-state index in [4.69, 9.17) is 0 Å². The largest absolute Gasteiger partial charge is 0.367 e. The van der Waals surface area contributed by atoms with Gasteiger partial charge in [0.2, 0.25) is 5.91 Å². The molecule has 2 fully saturated rings. The third kappa shape index (κ3) is 5.38. The van der Waals surface area contributed by atoms with E-state index in [2.05, 4.69) is 21.6 Å². The molecule has 7 nitrogen and oxygen atoms in total. The number of carbonyl (C=O) groups is 2. The number of anilines is 1. The molecule has 2 aliphatic rings. The smallest absolute Gasteiger partial charge is 0.317 e. The van der Waals surface area contributed by atoms with Crippen LogP contribution in [0.2, 0.25) is 0 Å². The van der Waals surface area contributed by atoms with Gasteiger partial charge in [-0.05, 0) is 25.0 Å². The van der Waals surface area contributed by atoms with Crippen LogP contribution in [0.5, 0.6) is 0 Å². The molecule has 1 saturated carbocycles. The SMILES string of the molecule is N#Cc1ccccc1N1CCN(C(=O)NCCC(=O)NC2CCCCC2)CC1. The van der Waals surface area contributed by atoms with Crippen molar-refractivity contribution in [1.82, 2.24) is 15.5 Å². The van der Waals surface area contributed by atoms with Gasteiger partial charge in [-0.3, -0.25) is 4.79 Å². The van der Waals surface area contributed by atoms with Gasteiger partial charge in [-0.15, -0.1) is 0 Å². The lowest BCUT2D eigenvalue weighted by atomic mass is 9.95. The molecule has 1 aromatic carbocycles. The summed E-state index contributed by atoms with van der Waals surface area (Å²) in [4.78, 5) is 28.3. The summed E-state index contributed by atoms with van der Waals surface area (Å²) in [6.07, 6.45) is 6.09. The molecule has 1 aliphatic heterocycles. The molecule has 150 valence electrons. The van der Waals surface area contributed by atoms with Crippen molar-refractivity contribution in [3.63, 3.8) is 0 Å². The zero-order valence-electron chi connectivity index (χ0n) is 16.3. The summed E-state index contributed by atoms with van der Waals surface area (Å²) in [7, 11) is 0. The first kappa shape index (κ1) is 20.0. The molecule has 28 heavy (non-hydrogen) atoms. The number of benzene rings is 1. The Morgan fingerprint density at radius 3 is 2.50 bits per heavy atom. The number of nitriles is 1. The summed E-state index contributed by atoms with van der Waals surface area (Å²) in [5, 5.41) is 15.2. The highest BCUT2D eigenvalue weighted by atomic mass is 16.2. The minimum absolute atomic E-state index is 0.0186. The van der Waals surface area contributed by atoms with E-state index in [1.165, 1.54) is 19.3 Å². The number of nitrogens with one attached hydrogen (secondary N) is 2. The second kappa shape index (κ2) is 9.98. The lowest BCUT2D eigenvalue weighted by Gasteiger charge is -2.36. The molecule has 2 N–H and O–H groups in total. The van der Waals surface area contributed by atoms with Crippen molar-refractivity contribution in [2.75, 3.05) is 37.6 Å². The van der Waals surface area contributed by atoms with E-state index in [1.807, 2.05) is 24.3 Å². The molecule has 0 atom stereocenters. The average Bonchev–Trinajstić information content (AvgIpc) is 2.74. The monoisotopic (exact) mass is 383 g/mol. The molecule has 1 aromatic rings. The molecular formula is C21H29N5O2. The van der Waals surface area contributed by atoms with Crippen LogP contribution < -0.4 is 15.5 Å². The second-order valence-corrected chi connectivity index (χ2v) is 7.49. The highest BCUT2D eigenvalue weighted by Gasteiger charge is 2.22. The number of hydrogen-bond acceptors (Lipinski definition) is 4. The summed E-state index contributed by atoms with van der Waals surface area (Å²) in [6.45, 7) is 2.93. The molecule has 0 radical (unpaired) electrons. The highest BCUT2D eigenvalue weighted by molar-refractivity contribution is 5.78. The van der Waals surface area contributed by atoms with E-state index in [0.717, 1.165) is 18.5 Å². The summed E-state index contributed by atoms with van der Waals surface area (Å²) in [5.74, 6) is 0.0186. The van der Waals surface area contributed by atoms with Gasteiger partial charge in [-0.2, -0.15) is 5.26 Å². The van der Waals surface area contributed by atoms with Gasteiger partial charge in [0.25, 0.3) is 0 Å². The van der Waals surface area contributed by atoms with Gasteiger partial charge in [-0.1, -0.05) is 31.4 Å². The predicted molar refractivity (Wildman–Crippen MR) is 108 cm³/mol. The van der Waals surface area contributed by atoms with E-state index < -0.39 is 0 Å². The molecule has 0 aromatic heterocycles. The van der Waals surface area contributed by atoms with Gasteiger partial charge < -0.3 is 20.4 Å². The Labute approximate surface area is 166 Å². The first-order valence-electron chi connectivity index (χ1n) is 10.2. The number of nitrogens with zero attached hydrogens (tertiary/aromatic N) is 3. The summed E-state index contributed by atoms with van der Waals surface area (Å²) in [6, 6.07) is 9.94. The van der Waals surface area contributed by atoms with Crippen molar-refractivity contribution in [2.24, 2.45) is 0 Å². The van der Waals surface area contributed by atoms with Crippen LogP contribution >= 0.6 is 0 Å². The fourth-order valence-electron chi connectivity index (χ4n) is 3.94. The van der Waals surface area contributed by atoms with E-state index in [1.54, 1.807) is 4.90 Å². The van der Waals surface area contributed by atoms with Crippen molar-refractivity contribution < 1.29 is 9.59 Å². The average molecular weight is 383 g/mol. The van der Waals surface area contributed by atoms with Crippen molar-refractivity contribution >= 4 is 17.6 Å². The number of para-hydroxylation sites is 1. The van der Waals surface area contributed by atoms with Crippen LogP contribution in [0.3, 0.4) is 0 Å². The fourth-order valence-corrected chi connectivity index (χ4v) is 3.94. The third-order valence-corrected chi connectivity index (χ3v) is 5.53. The molecule has 7 heteroatoms. The molecule has 3 rings (SSSR count). The summed E-state index contributed by atoms with van der Waals surface area (Å²) >= 11 is 0. The Kier molecular flexibility index (Phi) is 7.12. The van der Waals surface area contributed by atoms with Crippen LogP contribution in [0.4, 0.5) is 10.5 Å². The highest BCUT2D eigenvalue weighted by Crippen LogP contribution is 2.21. The van der Waals surface area contributed by atoms with Crippen molar-refractivity contribution in [3.05, 3.63) is 29.8 Å². The number of carbonyl (C=O) groups excluding carboxylic acids is 2. The van der Waals surface area contributed by atoms with Crippen LogP contribution in [0.15, 0.2) is 24.3 Å². The molecular weight excluding hydrogens is 354 g/mol. The fraction of sp³-hybridized carbons (Fsp3) is 0.571. The van der Waals surface area contributed by atoms with E-state index in [0.29, 0.717) is 50.7 Å². The Morgan fingerprint density at radius 2 is 1.79 bits per heavy atom. The Bertz CT molecular complexity index is 716. The van der Waals surface area contributed by atoms with Crippen LogP contribution in [0.25, 0.3) is 0 Å². The topological polar surface area (TPSA) is 88.5 Å². The van der Waals surface area contributed by atoms with Crippen LogP contribution in [0.1, 0.15) is 44.1 Å². The molecule has 1 saturated heterocycles. The number of rotatable bonds is 5. The Hall–Kier alpha value is -2.75. The van der Waals surface area contributed by atoms with Crippen molar-refractivity contribution in [2.45, 2.75) is 44.6 Å². The Balaban J connectivity index is 1.37. The zero-order chi connectivity index (χ0) is 19.8. The van der Waals surface area contributed by atoms with E-state index in [-0.39, 0.29) is 11.9 Å². The van der Waals surface area contributed by atoms with Gasteiger partial charge in [0, 0.05) is 45.2 Å². The van der Waals surface area contributed by atoms with E-state index in [9.17, 15) is 14.9 Å². The predicted octanol–water partition coefficient (Wildman–Crippen LogP) is 2.23. The quantitative estimate of drug-likeness (QED) is 0.816. The summed E-state index contributed by atoms with van der Waals surface area (Å²) < 4.78 is 0. The van der Waals surface area contributed by atoms with Gasteiger partial charge in [0.05, 0.1) is 11.3 Å². The standard InChI is InChI=1S/C21H29N5O2/c22-16-17-6-4-5-9-19(17)25-12-14-26(15-13-25)21(28)23-11-10-20(27)24-18-7-2-1-3-8-18/h4-6,9,18H,1-3,7-8,10-15H2,(H,23,28)(H,24,27). The van der Waals surface area contributed by atoms with Gasteiger partial charge >= 0.3 is 6.03 Å². The number of piperazine rings is 1. The minimum atomic E-state index is -0.126. The second-order valence-electron chi connectivity index (χ2n) is 7.49. The number of hydrogen-bond donors (Lipinski definition) is 2. The maximum absolute atomic E-state index is 12.3. The molecule has 1 aliphatic carbocycles. The van der Waals surface area contributed by atoms with Crippen molar-refractivity contribution in [3.8, 4) is 6.07 Å². The van der Waals surface area contributed by atoms with Gasteiger partial charge in [0.15, 0.2) is 0 Å². The normalized spacial score (nSPS) is 17.7. The van der Waals surface area contributed by atoms with Crippen molar-refractivity contribution in [1.29, 1.82) is 5.26 Å². The third-order valence-electron chi connectivity index (χ3n) is 5.53. The molecule has 0 bridgehead atoms. The first-order valence-corrected chi connectivity index (χ1v) is 10.2. The van der Waals surface area contributed by atoms with Crippen LogP contribution in [-0.4, -0.2) is 55.6 Å². The zero-order valence-corrected chi connectivity index (χ0v) is 16.3. The van der Waals surface area contributed by atoms with Crippen LogP contribution in [-0.2, 0) is 4.79 Å². The van der Waals surface area contributed by atoms with E-state index >= 15 is 0 Å². The molecule has 3 amide bonds. The molecule has 0 spiro atoms. The minimum Gasteiger partial charge on any atom is -0.367 e. The van der Waals surface area contributed by atoms with Crippen LogP contribution in [0, 0.1) is 11.3 Å².